The topological polar surface area (TPSA) is 9.23 Å². The lowest BCUT2D eigenvalue weighted by atomic mass is 10.1. The Morgan fingerprint density at radius 2 is 2.50 bits per heavy atom. The summed E-state index contributed by atoms with van der Waals surface area (Å²) in [6.45, 7) is 0. The predicted molar refractivity (Wildman–Crippen MR) is 51.9 cm³/mol. The minimum Gasteiger partial charge on any atom is -0.358 e. The molecule has 0 aliphatic heterocycles. The Bertz CT molecular complexity index is 306. The molecule has 0 heterocycles. The summed E-state index contributed by atoms with van der Waals surface area (Å²) in [5.74, 6) is 0. The second-order valence-electron chi connectivity index (χ2n) is 2.61. The summed E-state index contributed by atoms with van der Waals surface area (Å²) in [5.41, 5.74) is 3.01. The van der Waals surface area contributed by atoms with Crippen molar-refractivity contribution in [3.63, 3.8) is 0 Å². The van der Waals surface area contributed by atoms with Crippen molar-refractivity contribution >= 4 is 22.0 Å². The Morgan fingerprint density at radius 1 is 1.58 bits per heavy atom. The van der Waals surface area contributed by atoms with E-state index in [1.807, 2.05) is 18.2 Å². The molecule has 1 unspecified atom stereocenters. The summed E-state index contributed by atoms with van der Waals surface area (Å²) in [5, 5.41) is 0. The molecular weight excluding hydrogens is 216 g/mol. The number of alkyl halides is 1. The standard InChI is InChI=1S/C10H8BrO/c11-7-12-10-6-5-8-3-1-2-4-9(8)10/h1,3-6,10H,7H2. The van der Waals surface area contributed by atoms with E-state index >= 15 is 0 Å². The highest BCUT2D eigenvalue weighted by Crippen LogP contribution is 2.30. The molecule has 1 aliphatic carbocycles. The minimum absolute atomic E-state index is 0.108. The molecule has 12 heavy (non-hydrogen) atoms. The fraction of sp³-hybridized carbons (Fsp3) is 0.200. The minimum atomic E-state index is 0.108. The van der Waals surface area contributed by atoms with Gasteiger partial charge >= 0.3 is 0 Å². The van der Waals surface area contributed by atoms with Gasteiger partial charge in [0.15, 0.2) is 0 Å². The molecule has 1 nitrogen and oxygen atoms in total. The van der Waals surface area contributed by atoms with Gasteiger partial charge in [0.25, 0.3) is 0 Å². The third kappa shape index (κ3) is 1.32. The van der Waals surface area contributed by atoms with Crippen LogP contribution in [0.3, 0.4) is 0 Å². The maximum Gasteiger partial charge on any atom is 0.103 e. The van der Waals surface area contributed by atoms with E-state index in [-0.39, 0.29) is 6.10 Å². The predicted octanol–water partition coefficient (Wildman–Crippen LogP) is 2.92. The third-order valence-electron chi connectivity index (χ3n) is 1.93. The first-order valence-electron chi connectivity index (χ1n) is 3.77. The molecule has 1 aromatic carbocycles. The molecule has 0 amide bonds. The zero-order valence-corrected chi connectivity index (χ0v) is 8.04. The van der Waals surface area contributed by atoms with E-state index in [0.717, 1.165) is 0 Å². The first-order valence-corrected chi connectivity index (χ1v) is 4.90. The van der Waals surface area contributed by atoms with E-state index in [9.17, 15) is 0 Å². The summed E-state index contributed by atoms with van der Waals surface area (Å²) in [7, 11) is 0. The van der Waals surface area contributed by atoms with Crippen molar-refractivity contribution in [3.8, 4) is 0 Å². The van der Waals surface area contributed by atoms with Crippen LogP contribution in [-0.4, -0.2) is 5.52 Å². The molecule has 1 atom stereocenters. The first-order chi connectivity index (χ1) is 5.92. The van der Waals surface area contributed by atoms with Crippen LogP contribution in [0.2, 0.25) is 0 Å². The quantitative estimate of drug-likeness (QED) is 0.701. The van der Waals surface area contributed by atoms with Crippen molar-refractivity contribution in [2.24, 2.45) is 0 Å². The van der Waals surface area contributed by atoms with Gasteiger partial charge in [-0.25, -0.2) is 0 Å². The van der Waals surface area contributed by atoms with Gasteiger partial charge in [-0.3, -0.25) is 0 Å². The van der Waals surface area contributed by atoms with E-state index in [1.165, 1.54) is 11.1 Å². The molecular formula is C10H8BrO. The zero-order valence-electron chi connectivity index (χ0n) is 6.46. The Morgan fingerprint density at radius 3 is 3.33 bits per heavy atom. The van der Waals surface area contributed by atoms with Crippen molar-refractivity contribution in [1.82, 2.24) is 0 Å². The van der Waals surface area contributed by atoms with Crippen molar-refractivity contribution in [3.05, 3.63) is 41.5 Å². The molecule has 0 saturated carbocycles. The maximum absolute atomic E-state index is 5.44. The van der Waals surface area contributed by atoms with E-state index < -0.39 is 0 Å². The number of fused-ring (bicyclic) bond motifs is 1. The van der Waals surface area contributed by atoms with Gasteiger partial charge in [-0.15, -0.1) is 0 Å². The SMILES string of the molecule is BrCOC1C=Cc2cc[c]cc21. The van der Waals surface area contributed by atoms with Crippen LogP contribution in [0.1, 0.15) is 17.2 Å². The summed E-state index contributed by atoms with van der Waals surface area (Å²) in [6, 6.07) is 8.98. The first kappa shape index (κ1) is 8.02. The highest BCUT2D eigenvalue weighted by Gasteiger charge is 2.15. The molecule has 0 fully saturated rings. The Labute approximate surface area is 80.2 Å². The molecule has 0 bridgehead atoms. The lowest BCUT2D eigenvalue weighted by Gasteiger charge is -2.08. The van der Waals surface area contributed by atoms with Crippen molar-refractivity contribution < 1.29 is 4.74 Å². The van der Waals surface area contributed by atoms with Gasteiger partial charge in [0.05, 0.1) is 0 Å². The van der Waals surface area contributed by atoms with Crippen LogP contribution in [0.15, 0.2) is 24.3 Å². The van der Waals surface area contributed by atoms with Gasteiger partial charge in [0.1, 0.15) is 11.6 Å². The summed E-state index contributed by atoms with van der Waals surface area (Å²) >= 11 is 3.24. The summed E-state index contributed by atoms with van der Waals surface area (Å²) < 4.78 is 5.44. The zero-order chi connectivity index (χ0) is 8.39. The number of hydrogen-bond donors (Lipinski definition) is 0. The third-order valence-corrected chi connectivity index (χ3v) is 2.20. The molecule has 1 radical (unpaired) electrons. The number of rotatable bonds is 2. The second-order valence-corrected chi connectivity index (χ2v) is 3.07. The monoisotopic (exact) mass is 223 g/mol. The number of ether oxygens (including phenoxy) is 1. The average Bonchev–Trinajstić information content (AvgIpc) is 2.50. The van der Waals surface area contributed by atoms with E-state index in [2.05, 4.69) is 34.1 Å². The number of halogens is 1. The molecule has 0 N–H and O–H groups in total. The van der Waals surface area contributed by atoms with Crippen molar-refractivity contribution in [1.29, 1.82) is 0 Å². The second kappa shape index (κ2) is 3.42. The average molecular weight is 224 g/mol. The molecule has 61 valence electrons. The lowest BCUT2D eigenvalue weighted by molar-refractivity contribution is 0.134. The van der Waals surface area contributed by atoms with E-state index in [4.69, 9.17) is 4.74 Å². The van der Waals surface area contributed by atoms with Crippen LogP contribution >= 0.6 is 15.9 Å². The van der Waals surface area contributed by atoms with Crippen LogP contribution < -0.4 is 0 Å². The summed E-state index contributed by atoms with van der Waals surface area (Å²) in [6.07, 6.45) is 4.24. The molecule has 2 rings (SSSR count). The van der Waals surface area contributed by atoms with E-state index in [1.54, 1.807) is 0 Å². The van der Waals surface area contributed by atoms with Gasteiger partial charge in [0, 0.05) is 0 Å². The Kier molecular flexibility index (Phi) is 2.28. The van der Waals surface area contributed by atoms with Crippen molar-refractivity contribution in [2.75, 3.05) is 5.52 Å². The largest absolute Gasteiger partial charge is 0.358 e. The van der Waals surface area contributed by atoms with Crippen LogP contribution in [0.4, 0.5) is 0 Å². The fourth-order valence-corrected chi connectivity index (χ4v) is 1.65. The smallest absolute Gasteiger partial charge is 0.103 e. The van der Waals surface area contributed by atoms with Gasteiger partial charge < -0.3 is 4.74 Å². The molecule has 0 aromatic heterocycles. The number of hydrogen-bond acceptors (Lipinski definition) is 1. The van der Waals surface area contributed by atoms with Gasteiger partial charge in [-0.2, -0.15) is 0 Å². The highest BCUT2D eigenvalue weighted by atomic mass is 79.9. The van der Waals surface area contributed by atoms with Crippen LogP contribution in [0.5, 0.6) is 0 Å². The number of benzene rings is 1. The van der Waals surface area contributed by atoms with Gasteiger partial charge in [0.2, 0.25) is 0 Å². The fourth-order valence-electron chi connectivity index (χ4n) is 1.36. The highest BCUT2D eigenvalue weighted by molar-refractivity contribution is 9.09. The van der Waals surface area contributed by atoms with Crippen LogP contribution in [-0.2, 0) is 4.74 Å². The molecule has 1 aliphatic rings. The maximum atomic E-state index is 5.44. The van der Waals surface area contributed by atoms with Crippen LogP contribution in [0.25, 0.3) is 6.08 Å². The van der Waals surface area contributed by atoms with Gasteiger partial charge in [-0.05, 0) is 23.3 Å². The Hall–Kier alpha value is -0.600. The Balaban J connectivity index is 2.30. The molecule has 1 aromatic rings. The van der Waals surface area contributed by atoms with E-state index in [0.29, 0.717) is 5.52 Å². The molecule has 2 heteroatoms. The molecule has 0 spiro atoms. The molecule has 0 saturated heterocycles. The normalized spacial score (nSPS) is 19.6. The van der Waals surface area contributed by atoms with Gasteiger partial charge in [-0.1, -0.05) is 40.2 Å². The van der Waals surface area contributed by atoms with Crippen LogP contribution in [0, 0.1) is 6.07 Å². The lowest BCUT2D eigenvalue weighted by Crippen LogP contribution is -1.97. The van der Waals surface area contributed by atoms with Crippen molar-refractivity contribution in [2.45, 2.75) is 6.10 Å². The summed E-state index contributed by atoms with van der Waals surface area (Å²) in [4.78, 5) is 0.